The molecular formula is C23H32N4O4. The van der Waals surface area contributed by atoms with E-state index in [4.69, 9.17) is 4.74 Å². The fourth-order valence-corrected chi connectivity index (χ4v) is 3.52. The molecule has 8 heteroatoms. The number of amides is 2. The second kappa shape index (κ2) is 10.7. The molecule has 1 N–H and O–H groups in total. The highest BCUT2D eigenvalue weighted by Crippen LogP contribution is 2.23. The summed E-state index contributed by atoms with van der Waals surface area (Å²) in [4.78, 5) is 44.1. The van der Waals surface area contributed by atoms with Crippen LogP contribution in [0.3, 0.4) is 0 Å². The highest BCUT2D eigenvalue weighted by atomic mass is 16.5. The molecule has 8 nitrogen and oxygen atoms in total. The van der Waals surface area contributed by atoms with E-state index in [0.29, 0.717) is 35.5 Å². The number of ketones is 1. The molecule has 0 aromatic carbocycles. The van der Waals surface area contributed by atoms with E-state index in [1.54, 1.807) is 38.6 Å². The third-order valence-corrected chi connectivity index (χ3v) is 5.08. The standard InChI is InChI=1S/C23H32N4O4/c1-7-31-22(29)21-16(4)20(17(5)26(21)6)19(28)14-27(23(30)25-15(2)3)13-11-18-10-8-9-12-24-18/h8-10,12,15H,7,11,13-14H2,1-6H3,(H,25,30). The third-order valence-electron chi connectivity index (χ3n) is 5.08. The summed E-state index contributed by atoms with van der Waals surface area (Å²) in [6.07, 6.45) is 2.23. The minimum absolute atomic E-state index is 0.0597. The summed E-state index contributed by atoms with van der Waals surface area (Å²) in [5.41, 5.74) is 2.88. The van der Waals surface area contributed by atoms with Crippen LogP contribution < -0.4 is 5.32 Å². The van der Waals surface area contributed by atoms with Crippen molar-refractivity contribution in [1.82, 2.24) is 19.8 Å². The van der Waals surface area contributed by atoms with E-state index in [2.05, 4.69) is 10.3 Å². The zero-order chi connectivity index (χ0) is 23.1. The summed E-state index contributed by atoms with van der Waals surface area (Å²) >= 11 is 0. The Bertz CT molecular complexity index is 935. The first-order valence-corrected chi connectivity index (χ1v) is 10.5. The molecule has 2 heterocycles. The molecule has 168 valence electrons. The smallest absolute Gasteiger partial charge is 0.355 e. The van der Waals surface area contributed by atoms with Gasteiger partial charge in [0.25, 0.3) is 0 Å². The van der Waals surface area contributed by atoms with Gasteiger partial charge in [0.2, 0.25) is 0 Å². The van der Waals surface area contributed by atoms with Gasteiger partial charge in [-0.25, -0.2) is 9.59 Å². The number of hydrogen-bond donors (Lipinski definition) is 1. The van der Waals surface area contributed by atoms with Crippen LogP contribution in [0.25, 0.3) is 0 Å². The van der Waals surface area contributed by atoms with Crippen LogP contribution in [0.1, 0.15) is 58.6 Å². The summed E-state index contributed by atoms with van der Waals surface area (Å²) in [5, 5.41) is 2.85. The van der Waals surface area contributed by atoms with Gasteiger partial charge in [-0.3, -0.25) is 9.78 Å². The lowest BCUT2D eigenvalue weighted by Gasteiger charge is -2.24. The van der Waals surface area contributed by atoms with Gasteiger partial charge in [0.1, 0.15) is 5.69 Å². The van der Waals surface area contributed by atoms with Crippen molar-refractivity contribution in [2.24, 2.45) is 7.05 Å². The largest absolute Gasteiger partial charge is 0.461 e. The van der Waals surface area contributed by atoms with E-state index in [9.17, 15) is 14.4 Å². The Morgan fingerprint density at radius 3 is 2.52 bits per heavy atom. The summed E-state index contributed by atoms with van der Waals surface area (Å²) < 4.78 is 6.81. The van der Waals surface area contributed by atoms with E-state index in [0.717, 1.165) is 5.69 Å². The van der Waals surface area contributed by atoms with Gasteiger partial charge in [-0.15, -0.1) is 0 Å². The lowest BCUT2D eigenvalue weighted by Crippen LogP contribution is -2.46. The van der Waals surface area contributed by atoms with Crippen molar-refractivity contribution >= 4 is 17.8 Å². The van der Waals surface area contributed by atoms with E-state index in [1.807, 2.05) is 32.0 Å². The maximum Gasteiger partial charge on any atom is 0.355 e. The van der Waals surface area contributed by atoms with Crippen LogP contribution in [0, 0.1) is 13.8 Å². The number of Topliss-reactive ketones (excluding diaryl/α,β-unsaturated/α-hetero) is 1. The molecule has 0 aliphatic rings. The number of hydrogen-bond acceptors (Lipinski definition) is 5. The molecule has 0 spiro atoms. The van der Waals surface area contributed by atoms with Gasteiger partial charge < -0.3 is 19.5 Å². The van der Waals surface area contributed by atoms with Gasteiger partial charge >= 0.3 is 12.0 Å². The van der Waals surface area contributed by atoms with E-state index >= 15 is 0 Å². The molecular weight excluding hydrogens is 396 g/mol. The van der Waals surface area contributed by atoms with Gasteiger partial charge in [0.15, 0.2) is 5.78 Å². The van der Waals surface area contributed by atoms with Gasteiger partial charge in [0, 0.05) is 49.2 Å². The Labute approximate surface area is 183 Å². The highest BCUT2D eigenvalue weighted by Gasteiger charge is 2.27. The average molecular weight is 429 g/mol. The number of carbonyl (C=O) groups excluding carboxylic acids is 3. The third kappa shape index (κ3) is 5.93. The van der Waals surface area contributed by atoms with Gasteiger partial charge in [-0.1, -0.05) is 6.07 Å². The number of nitrogens with zero attached hydrogens (tertiary/aromatic N) is 3. The second-order valence-corrected chi connectivity index (χ2v) is 7.73. The summed E-state index contributed by atoms with van der Waals surface area (Å²) in [7, 11) is 1.73. The SMILES string of the molecule is CCOC(=O)c1c(C)c(C(=O)CN(CCc2ccccn2)C(=O)NC(C)C)c(C)n1C. The van der Waals surface area contributed by atoms with Crippen molar-refractivity contribution in [3.63, 3.8) is 0 Å². The summed E-state index contributed by atoms with van der Waals surface area (Å²) in [6.45, 7) is 9.50. The molecule has 31 heavy (non-hydrogen) atoms. The summed E-state index contributed by atoms with van der Waals surface area (Å²) in [5.74, 6) is -0.685. The highest BCUT2D eigenvalue weighted by molar-refractivity contribution is 6.04. The predicted molar refractivity (Wildman–Crippen MR) is 118 cm³/mol. The monoisotopic (exact) mass is 428 g/mol. The number of rotatable bonds is 9. The molecule has 0 fully saturated rings. The number of aromatic nitrogens is 2. The molecule has 2 rings (SSSR count). The lowest BCUT2D eigenvalue weighted by atomic mass is 10.1. The Balaban J connectivity index is 2.27. The first-order chi connectivity index (χ1) is 14.7. The first-order valence-electron chi connectivity index (χ1n) is 10.5. The van der Waals surface area contributed by atoms with Crippen molar-refractivity contribution in [3.8, 4) is 0 Å². The zero-order valence-electron chi connectivity index (χ0n) is 19.2. The fraction of sp³-hybridized carbons (Fsp3) is 0.478. The molecule has 0 aliphatic carbocycles. The van der Waals surface area contributed by atoms with Crippen LogP contribution in [-0.2, 0) is 18.2 Å². The number of ether oxygens (including phenoxy) is 1. The average Bonchev–Trinajstić information content (AvgIpc) is 2.94. The van der Waals surface area contributed by atoms with Crippen LogP contribution in [-0.4, -0.2) is 58.0 Å². The van der Waals surface area contributed by atoms with Crippen LogP contribution in [0.5, 0.6) is 0 Å². The topological polar surface area (TPSA) is 93.5 Å². The molecule has 0 aliphatic heterocycles. The number of urea groups is 1. The van der Waals surface area contributed by atoms with E-state index < -0.39 is 5.97 Å². The number of esters is 1. The zero-order valence-corrected chi connectivity index (χ0v) is 19.2. The molecule has 0 unspecified atom stereocenters. The fourth-order valence-electron chi connectivity index (χ4n) is 3.52. The predicted octanol–water partition coefficient (Wildman–Crippen LogP) is 3.06. The Hall–Kier alpha value is -3.16. The number of carbonyl (C=O) groups is 3. The van der Waals surface area contributed by atoms with Gasteiger partial charge in [-0.05, 0) is 52.3 Å². The maximum absolute atomic E-state index is 13.2. The van der Waals surface area contributed by atoms with Gasteiger partial charge in [0.05, 0.1) is 13.2 Å². The molecule has 0 saturated heterocycles. The molecule has 2 aromatic rings. The maximum atomic E-state index is 13.2. The lowest BCUT2D eigenvalue weighted by molar-refractivity contribution is 0.0514. The minimum atomic E-state index is -0.464. The van der Waals surface area contributed by atoms with Crippen LogP contribution in [0.4, 0.5) is 4.79 Å². The summed E-state index contributed by atoms with van der Waals surface area (Å²) in [6, 6.07) is 5.24. The van der Waals surface area contributed by atoms with Crippen molar-refractivity contribution in [3.05, 3.63) is 52.6 Å². The number of pyridine rings is 1. The second-order valence-electron chi connectivity index (χ2n) is 7.73. The van der Waals surface area contributed by atoms with E-state index in [1.165, 1.54) is 4.90 Å². The van der Waals surface area contributed by atoms with Crippen molar-refractivity contribution in [2.75, 3.05) is 19.7 Å². The first kappa shape index (κ1) is 24.1. The Kier molecular flexibility index (Phi) is 8.36. The minimum Gasteiger partial charge on any atom is -0.461 e. The normalized spacial score (nSPS) is 10.8. The molecule has 2 aromatic heterocycles. The Morgan fingerprint density at radius 2 is 1.94 bits per heavy atom. The number of nitrogens with one attached hydrogen (secondary N) is 1. The molecule has 0 bridgehead atoms. The Morgan fingerprint density at radius 1 is 1.23 bits per heavy atom. The molecule has 0 saturated carbocycles. The molecule has 0 radical (unpaired) electrons. The van der Waals surface area contributed by atoms with E-state index in [-0.39, 0.29) is 31.0 Å². The van der Waals surface area contributed by atoms with Crippen LogP contribution in [0.15, 0.2) is 24.4 Å². The molecule has 2 amide bonds. The van der Waals surface area contributed by atoms with Gasteiger partial charge in [-0.2, -0.15) is 0 Å². The van der Waals surface area contributed by atoms with Crippen LogP contribution >= 0.6 is 0 Å². The molecule has 0 atom stereocenters. The quantitative estimate of drug-likeness (QED) is 0.489. The van der Waals surface area contributed by atoms with Crippen LogP contribution in [0.2, 0.25) is 0 Å². The van der Waals surface area contributed by atoms with Crippen molar-refractivity contribution in [1.29, 1.82) is 0 Å². The van der Waals surface area contributed by atoms with Crippen molar-refractivity contribution in [2.45, 2.75) is 47.1 Å². The van der Waals surface area contributed by atoms with Crippen molar-refractivity contribution < 1.29 is 19.1 Å².